The molecule has 0 aliphatic carbocycles. The van der Waals surface area contributed by atoms with Crippen LogP contribution < -0.4 is 10.5 Å². The Labute approximate surface area is 222 Å². The van der Waals surface area contributed by atoms with Crippen LogP contribution in [0, 0.1) is 20.8 Å². The van der Waals surface area contributed by atoms with E-state index in [4.69, 9.17) is 11.6 Å². The minimum atomic E-state index is -0.384. The molecule has 1 saturated heterocycles. The Kier molecular flexibility index (Phi) is 6.58. The molecule has 0 bridgehead atoms. The molecule has 1 aliphatic heterocycles. The normalized spacial score (nSPS) is 15.9. The molecule has 37 heavy (non-hydrogen) atoms. The highest BCUT2D eigenvalue weighted by molar-refractivity contribution is 6.30. The quantitative estimate of drug-likeness (QED) is 0.418. The van der Waals surface area contributed by atoms with E-state index in [9.17, 15) is 4.79 Å². The van der Waals surface area contributed by atoms with Crippen molar-refractivity contribution in [2.24, 2.45) is 0 Å². The van der Waals surface area contributed by atoms with Crippen LogP contribution in [0.5, 0.6) is 0 Å². The average molecular weight is 520 g/mol. The molecular formula is C28H34ClN7O. The van der Waals surface area contributed by atoms with Gasteiger partial charge in [0.15, 0.2) is 5.82 Å². The van der Waals surface area contributed by atoms with Gasteiger partial charge in [0.2, 0.25) is 0 Å². The van der Waals surface area contributed by atoms with Crippen molar-refractivity contribution in [1.82, 2.24) is 30.1 Å². The number of piperazine rings is 1. The monoisotopic (exact) mass is 519 g/mol. The number of aromatic amines is 1. The fourth-order valence-electron chi connectivity index (χ4n) is 5.39. The molecule has 4 aromatic rings. The zero-order valence-corrected chi connectivity index (χ0v) is 23.1. The van der Waals surface area contributed by atoms with Gasteiger partial charge in [-0.1, -0.05) is 29.3 Å². The van der Waals surface area contributed by atoms with Gasteiger partial charge in [-0.15, -0.1) is 5.10 Å². The topological polar surface area (TPSA) is 82.9 Å². The van der Waals surface area contributed by atoms with Gasteiger partial charge in [-0.3, -0.25) is 9.69 Å². The Morgan fingerprint density at radius 3 is 2.41 bits per heavy atom. The summed E-state index contributed by atoms with van der Waals surface area (Å²) in [6.07, 6.45) is 0. The number of fused-ring (bicyclic) bond motifs is 1. The molecule has 1 fully saturated rings. The summed E-state index contributed by atoms with van der Waals surface area (Å²) in [6, 6.07) is 11.9. The molecule has 2 aromatic carbocycles. The lowest BCUT2D eigenvalue weighted by Gasteiger charge is -2.40. The number of hydrogen-bond donors (Lipinski definition) is 1. The number of H-pyrrole nitrogens is 1. The van der Waals surface area contributed by atoms with E-state index in [1.54, 1.807) is 0 Å². The fraction of sp³-hybridized carbons (Fsp3) is 0.429. The van der Waals surface area contributed by atoms with E-state index in [0.29, 0.717) is 11.4 Å². The third-order valence-electron chi connectivity index (χ3n) is 7.18. The van der Waals surface area contributed by atoms with Crippen molar-refractivity contribution in [3.63, 3.8) is 0 Å². The molecule has 5 rings (SSSR count). The van der Waals surface area contributed by atoms with Gasteiger partial charge >= 0.3 is 0 Å². The number of aryl methyl sites for hydroxylation is 3. The van der Waals surface area contributed by atoms with Crippen LogP contribution in [0.3, 0.4) is 0 Å². The minimum absolute atomic E-state index is 0.110. The number of tetrazole rings is 1. The first-order chi connectivity index (χ1) is 17.5. The maximum Gasteiger partial charge on any atom is 0.253 e. The van der Waals surface area contributed by atoms with Crippen LogP contribution >= 0.6 is 11.6 Å². The zero-order valence-electron chi connectivity index (χ0n) is 22.3. The Morgan fingerprint density at radius 1 is 0.973 bits per heavy atom. The number of nitrogens with one attached hydrogen (secondary N) is 1. The van der Waals surface area contributed by atoms with Crippen molar-refractivity contribution >= 4 is 28.2 Å². The molecule has 0 amide bonds. The second-order valence-electron chi connectivity index (χ2n) is 11.1. The van der Waals surface area contributed by atoms with Gasteiger partial charge in [0.25, 0.3) is 5.56 Å². The van der Waals surface area contributed by atoms with Crippen LogP contribution in [-0.4, -0.2) is 56.3 Å². The van der Waals surface area contributed by atoms with E-state index in [0.717, 1.165) is 58.9 Å². The van der Waals surface area contributed by atoms with Gasteiger partial charge in [0.05, 0.1) is 11.1 Å². The molecule has 0 spiro atoms. The fourth-order valence-corrected chi connectivity index (χ4v) is 5.56. The molecule has 1 N–H and O–H groups in total. The maximum atomic E-state index is 13.6. The standard InChI is InChI=1S/C28H34ClN7O/c1-17-13-19(3)24-20(14-17)15-22(27(37)30-24)25(26-31-32-33-36(26)28(4,5)6)35-11-9-34(10-12-35)23-16-21(29)8-7-18(23)2/h7-8,13-16,25H,9-12H2,1-6H3,(H,30,37)/t25-/m1/s1. The molecule has 8 nitrogen and oxygen atoms in total. The first-order valence-corrected chi connectivity index (χ1v) is 13.1. The van der Waals surface area contributed by atoms with Crippen LogP contribution in [0.4, 0.5) is 5.69 Å². The summed E-state index contributed by atoms with van der Waals surface area (Å²) in [4.78, 5) is 21.4. The molecule has 1 atom stereocenters. The number of rotatable bonds is 4. The van der Waals surface area contributed by atoms with E-state index in [2.05, 4.69) is 83.1 Å². The Hall–Kier alpha value is -3.23. The summed E-state index contributed by atoms with van der Waals surface area (Å²) >= 11 is 6.31. The molecule has 194 valence electrons. The van der Waals surface area contributed by atoms with Crippen LogP contribution in [0.1, 0.15) is 54.9 Å². The van der Waals surface area contributed by atoms with Crippen LogP contribution in [0.25, 0.3) is 10.9 Å². The largest absolute Gasteiger partial charge is 0.369 e. The van der Waals surface area contributed by atoms with Gasteiger partial charge in [0, 0.05) is 42.5 Å². The smallest absolute Gasteiger partial charge is 0.253 e. The number of benzene rings is 2. The first kappa shape index (κ1) is 25.4. The number of hydrogen-bond acceptors (Lipinski definition) is 6. The van der Waals surface area contributed by atoms with Crippen molar-refractivity contribution < 1.29 is 0 Å². The summed E-state index contributed by atoms with van der Waals surface area (Å²) < 4.78 is 1.84. The molecule has 2 aromatic heterocycles. The van der Waals surface area contributed by atoms with Gasteiger partial charge in [0.1, 0.15) is 6.04 Å². The van der Waals surface area contributed by atoms with Crippen LogP contribution in [-0.2, 0) is 5.54 Å². The highest BCUT2D eigenvalue weighted by Crippen LogP contribution is 2.32. The predicted molar refractivity (Wildman–Crippen MR) is 149 cm³/mol. The summed E-state index contributed by atoms with van der Waals surface area (Å²) in [5.41, 5.74) is 5.64. The summed E-state index contributed by atoms with van der Waals surface area (Å²) in [5.74, 6) is 0.675. The second-order valence-corrected chi connectivity index (χ2v) is 11.5. The number of pyridine rings is 1. The molecule has 0 saturated carbocycles. The molecular weight excluding hydrogens is 486 g/mol. The molecule has 9 heteroatoms. The molecule has 0 radical (unpaired) electrons. The van der Waals surface area contributed by atoms with E-state index >= 15 is 0 Å². The van der Waals surface area contributed by atoms with Crippen molar-refractivity contribution in [1.29, 1.82) is 0 Å². The number of aromatic nitrogens is 5. The van der Waals surface area contributed by atoms with Gasteiger partial charge in [-0.05, 0) is 92.7 Å². The highest BCUT2D eigenvalue weighted by atomic mass is 35.5. The van der Waals surface area contributed by atoms with Gasteiger partial charge in [-0.2, -0.15) is 0 Å². The molecule has 3 heterocycles. The number of halogens is 1. The zero-order chi connectivity index (χ0) is 26.5. The Balaban J connectivity index is 1.58. The first-order valence-electron chi connectivity index (χ1n) is 12.7. The highest BCUT2D eigenvalue weighted by Gasteiger charge is 2.35. The lowest BCUT2D eigenvalue weighted by Crippen LogP contribution is -2.49. The van der Waals surface area contributed by atoms with E-state index < -0.39 is 0 Å². The third kappa shape index (κ3) is 4.88. The number of anilines is 1. The van der Waals surface area contributed by atoms with E-state index in [-0.39, 0.29) is 17.1 Å². The number of nitrogens with zero attached hydrogens (tertiary/aromatic N) is 6. The third-order valence-corrected chi connectivity index (χ3v) is 7.42. The second kappa shape index (κ2) is 9.58. The molecule has 0 unspecified atom stereocenters. The lowest BCUT2D eigenvalue weighted by molar-refractivity contribution is 0.190. The van der Waals surface area contributed by atoms with Crippen molar-refractivity contribution in [3.8, 4) is 0 Å². The summed E-state index contributed by atoms with van der Waals surface area (Å²) in [5, 5.41) is 14.6. The van der Waals surface area contributed by atoms with Crippen molar-refractivity contribution in [3.05, 3.63) is 79.9 Å². The molecule has 1 aliphatic rings. The maximum absolute atomic E-state index is 13.6. The van der Waals surface area contributed by atoms with E-state index in [1.807, 2.05) is 29.8 Å². The summed E-state index contributed by atoms with van der Waals surface area (Å²) in [7, 11) is 0. The van der Waals surface area contributed by atoms with Gasteiger partial charge < -0.3 is 9.88 Å². The van der Waals surface area contributed by atoms with Crippen molar-refractivity contribution in [2.45, 2.75) is 53.1 Å². The average Bonchev–Trinajstić information content (AvgIpc) is 3.32. The van der Waals surface area contributed by atoms with Crippen molar-refractivity contribution in [2.75, 3.05) is 31.1 Å². The van der Waals surface area contributed by atoms with Crippen LogP contribution in [0.2, 0.25) is 5.02 Å². The van der Waals surface area contributed by atoms with Crippen LogP contribution in [0.15, 0.2) is 41.2 Å². The van der Waals surface area contributed by atoms with E-state index in [1.165, 1.54) is 5.56 Å². The minimum Gasteiger partial charge on any atom is -0.369 e. The Morgan fingerprint density at radius 2 is 1.70 bits per heavy atom. The predicted octanol–water partition coefficient (Wildman–Crippen LogP) is 4.76. The Bertz CT molecular complexity index is 1510. The SMILES string of the molecule is Cc1cc(C)c2[nH]c(=O)c([C@H](c3nnnn3C(C)(C)C)N3CCN(c4cc(Cl)ccc4C)CC3)cc2c1. The van der Waals surface area contributed by atoms with Gasteiger partial charge in [-0.25, -0.2) is 4.68 Å². The lowest BCUT2D eigenvalue weighted by atomic mass is 9.99. The summed E-state index contributed by atoms with van der Waals surface area (Å²) in [6.45, 7) is 15.5.